The summed E-state index contributed by atoms with van der Waals surface area (Å²) in [6.45, 7) is 8.75. The second-order valence-electron chi connectivity index (χ2n) is 4.77. The first-order valence-electron chi connectivity index (χ1n) is 7.02. The lowest BCUT2D eigenvalue weighted by atomic mass is 10.3. The highest BCUT2D eigenvalue weighted by molar-refractivity contribution is 9.15. The average Bonchev–Trinajstić information content (AvgIpc) is 2.54. The number of rotatable bonds is 4. The van der Waals surface area contributed by atoms with E-state index in [0.29, 0.717) is 32.6 Å². The lowest BCUT2D eigenvalue weighted by Crippen LogP contribution is -2.38. The molecule has 120 valence electrons. The number of ether oxygens (including phenoxy) is 2. The van der Waals surface area contributed by atoms with Crippen LogP contribution in [0.2, 0.25) is 5.02 Å². The highest BCUT2D eigenvalue weighted by Crippen LogP contribution is 2.08. The van der Waals surface area contributed by atoms with Crippen LogP contribution in [0.3, 0.4) is 0 Å². The normalized spacial score (nSPS) is 18.2. The van der Waals surface area contributed by atoms with Crippen molar-refractivity contribution in [2.75, 3.05) is 46.5 Å². The Bertz CT molecular complexity index is 645. The third-order valence-electron chi connectivity index (χ3n) is 3.35. The molecule has 2 rings (SSSR count). The van der Waals surface area contributed by atoms with Gasteiger partial charge in [0.05, 0.1) is 23.6 Å². The summed E-state index contributed by atoms with van der Waals surface area (Å²) in [5, 5.41) is 1.85. The maximum absolute atomic E-state index is 6.08. The minimum atomic E-state index is 0.493. The molecule has 1 fully saturated rings. The zero-order valence-corrected chi connectivity index (χ0v) is 14.9. The molecule has 0 bridgehead atoms. The molecule has 0 radical (unpaired) electrons. The maximum atomic E-state index is 6.08. The minimum absolute atomic E-state index is 0.493. The molecule has 0 aliphatic carbocycles. The molecule has 0 atom stereocenters. The highest BCUT2D eigenvalue weighted by Gasteiger charge is 2.12. The van der Waals surface area contributed by atoms with E-state index >= 15 is 0 Å². The van der Waals surface area contributed by atoms with Crippen LogP contribution >= 0.6 is 27.5 Å². The number of morpholine rings is 1. The van der Waals surface area contributed by atoms with E-state index in [1.807, 2.05) is 0 Å². The van der Waals surface area contributed by atoms with Gasteiger partial charge < -0.3 is 9.47 Å². The van der Waals surface area contributed by atoms with Gasteiger partial charge in [0.25, 0.3) is 0 Å². The zero-order valence-electron chi connectivity index (χ0n) is 12.5. The van der Waals surface area contributed by atoms with Gasteiger partial charge in [0.1, 0.15) is 11.1 Å². The van der Waals surface area contributed by atoms with Gasteiger partial charge in [-0.25, -0.2) is 0 Å². The van der Waals surface area contributed by atoms with E-state index < -0.39 is 0 Å². The number of aromatic nitrogens is 1. The predicted octanol–water partition coefficient (Wildman–Crippen LogP) is 1.03. The second kappa shape index (κ2) is 8.62. The van der Waals surface area contributed by atoms with Crippen LogP contribution in [-0.4, -0.2) is 62.3 Å². The van der Waals surface area contributed by atoms with Crippen LogP contribution in [-0.2, 0) is 9.47 Å². The average molecular weight is 389 g/mol. The fourth-order valence-corrected chi connectivity index (χ4v) is 2.86. The number of hydrogen-bond donors (Lipinski definition) is 0. The molecule has 7 heteroatoms. The van der Waals surface area contributed by atoms with Crippen molar-refractivity contribution in [1.29, 1.82) is 0 Å². The van der Waals surface area contributed by atoms with Crippen LogP contribution in [0.15, 0.2) is 17.3 Å². The first kappa shape index (κ1) is 17.4. The second-order valence-corrected chi connectivity index (χ2v) is 5.97. The molecule has 1 aromatic heterocycles. The Morgan fingerprint density at radius 3 is 2.95 bits per heavy atom. The van der Waals surface area contributed by atoms with Gasteiger partial charge in [0, 0.05) is 38.1 Å². The topological polar surface area (TPSA) is 47.0 Å². The van der Waals surface area contributed by atoms with Crippen molar-refractivity contribution in [2.45, 2.75) is 0 Å². The lowest BCUT2D eigenvalue weighted by Gasteiger charge is -2.26. The Morgan fingerprint density at radius 2 is 2.27 bits per heavy atom. The van der Waals surface area contributed by atoms with Crippen molar-refractivity contribution < 1.29 is 9.47 Å². The van der Waals surface area contributed by atoms with Crippen LogP contribution in [0.5, 0.6) is 0 Å². The van der Waals surface area contributed by atoms with Crippen molar-refractivity contribution >= 4 is 44.5 Å². The summed E-state index contributed by atoms with van der Waals surface area (Å²) in [5.74, 6) is 0.493. The summed E-state index contributed by atoms with van der Waals surface area (Å²) in [6.07, 6.45) is 1.63. The van der Waals surface area contributed by atoms with Crippen molar-refractivity contribution in [3.8, 4) is 0 Å². The largest absolute Gasteiger partial charge is 0.476 e. The monoisotopic (exact) mass is 387 g/mol. The standard InChI is InChI=1S/C15H19BrClN3O2/c1-11-12(17)3-4-19-14(11)13(16)15(18-2)22-10-7-20-5-8-21-9-6-20/h3-4H,1,5-10H2,2H3/b14-13-,18-15+. The molecule has 0 aromatic carbocycles. The van der Waals surface area contributed by atoms with Gasteiger partial charge >= 0.3 is 0 Å². The van der Waals surface area contributed by atoms with E-state index in [0.717, 1.165) is 32.8 Å². The predicted molar refractivity (Wildman–Crippen MR) is 92.9 cm³/mol. The molecule has 1 aliphatic heterocycles. The molecule has 2 heterocycles. The molecule has 1 saturated heterocycles. The molecule has 0 amide bonds. The van der Waals surface area contributed by atoms with Gasteiger partial charge in [-0.2, -0.15) is 0 Å². The van der Waals surface area contributed by atoms with Crippen LogP contribution in [0.25, 0.3) is 11.1 Å². The third kappa shape index (κ3) is 4.52. The number of nitrogens with zero attached hydrogens (tertiary/aromatic N) is 3. The van der Waals surface area contributed by atoms with Crippen molar-refractivity contribution in [3.05, 3.63) is 27.9 Å². The van der Waals surface area contributed by atoms with Gasteiger partial charge in [0.15, 0.2) is 0 Å². The first-order valence-corrected chi connectivity index (χ1v) is 8.20. The van der Waals surface area contributed by atoms with E-state index in [2.05, 4.69) is 37.4 Å². The number of pyridine rings is 1. The molecular formula is C15H19BrClN3O2. The zero-order chi connectivity index (χ0) is 15.9. The number of aliphatic imine (C=N–C) groups is 1. The first-order chi connectivity index (χ1) is 10.6. The molecule has 0 N–H and O–H groups in total. The summed E-state index contributed by atoms with van der Waals surface area (Å²) in [7, 11) is 1.68. The van der Waals surface area contributed by atoms with Crippen molar-refractivity contribution in [2.24, 2.45) is 4.99 Å². The molecule has 0 saturated carbocycles. The van der Waals surface area contributed by atoms with E-state index in [1.54, 1.807) is 19.3 Å². The maximum Gasteiger partial charge on any atom is 0.225 e. The van der Waals surface area contributed by atoms with Gasteiger partial charge in [-0.3, -0.25) is 14.9 Å². The molecule has 1 aromatic rings. The van der Waals surface area contributed by atoms with Gasteiger partial charge in [-0.15, -0.1) is 0 Å². The molecule has 5 nitrogen and oxygen atoms in total. The van der Waals surface area contributed by atoms with E-state index in [4.69, 9.17) is 21.1 Å². The van der Waals surface area contributed by atoms with Gasteiger partial charge in [-0.1, -0.05) is 18.2 Å². The molecule has 1 aliphatic rings. The summed E-state index contributed by atoms with van der Waals surface area (Å²) in [6, 6.07) is 1.70. The quantitative estimate of drug-likeness (QED) is 0.571. The van der Waals surface area contributed by atoms with Crippen LogP contribution in [0.4, 0.5) is 0 Å². The van der Waals surface area contributed by atoms with Gasteiger partial charge in [-0.05, 0) is 22.0 Å². The van der Waals surface area contributed by atoms with E-state index in [-0.39, 0.29) is 0 Å². The lowest BCUT2D eigenvalue weighted by molar-refractivity contribution is 0.0316. The van der Waals surface area contributed by atoms with E-state index in [9.17, 15) is 0 Å². The van der Waals surface area contributed by atoms with E-state index in [1.165, 1.54) is 0 Å². The molecule has 0 unspecified atom stereocenters. The van der Waals surface area contributed by atoms with Crippen LogP contribution in [0.1, 0.15) is 0 Å². The minimum Gasteiger partial charge on any atom is -0.476 e. The van der Waals surface area contributed by atoms with Crippen LogP contribution < -0.4 is 10.6 Å². The SMILES string of the molecule is C=c1c(Cl)ccn/c1=C(Br)/C(=N\C)OCCN1CCOCC1. The molecular weight excluding hydrogens is 370 g/mol. The number of hydrogen-bond acceptors (Lipinski definition) is 5. The summed E-state index contributed by atoms with van der Waals surface area (Å²) >= 11 is 9.57. The molecule has 0 spiro atoms. The summed E-state index contributed by atoms with van der Waals surface area (Å²) in [4.78, 5) is 10.8. The molecule has 22 heavy (non-hydrogen) atoms. The Morgan fingerprint density at radius 1 is 1.55 bits per heavy atom. The Hall–Kier alpha value is -0.950. The van der Waals surface area contributed by atoms with Crippen LogP contribution in [0, 0.1) is 0 Å². The Labute approximate surface area is 143 Å². The fraction of sp³-hybridized carbons (Fsp3) is 0.467. The Kier molecular flexibility index (Phi) is 6.82. The number of halogens is 2. The van der Waals surface area contributed by atoms with Gasteiger partial charge in [0.2, 0.25) is 5.90 Å². The Balaban J connectivity index is 2.05. The summed E-state index contributed by atoms with van der Waals surface area (Å²) < 4.78 is 11.8. The third-order valence-corrected chi connectivity index (χ3v) is 4.42. The van der Waals surface area contributed by atoms with Crippen molar-refractivity contribution in [1.82, 2.24) is 9.88 Å². The highest BCUT2D eigenvalue weighted by atomic mass is 79.9. The van der Waals surface area contributed by atoms with Crippen molar-refractivity contribution in [3.63, 3.8) is 0 Å². The smallest absolute Gasteiger partial charge is 0.225 e. The summed E-state index contributed by atoms with van der Waals surface area (Å²) in [5.41, 5.74) is 0. The fourth-order valence-electron chi connectivity index (χ4n) is 2.08.